The van der Waals surface area contributed by atoms with Crippen LogP contribution in [-0.4, -0.2) is 75.4 Å². The number of hydrogen-bond acceptors (Lipinski definition) is 13. The molecule has 1 aliphatic carbocycles. The van der Waals surface area contributed by atoms with Gasteiger partial charge in [0.15, 0.2) is 27.2 Å². The SMILES string of the molecule is O=C(CCCS(=O)(=O)c1ccc(S(=O)(=O)O)c(Nc2cc(S(=O)(=O)O)c3[nH]c(=O)c(C(=O)c4cccc(S(=O)(=O)O)c4)c4c3c2C(=O)c2ccccc2-4)c1)c1ccccc1. The third kappa shape index (κ3) is 7.81. The van der Waals surface area contributed by atoms with Gasteiger partial charge in [0.2, 0.25) is 0 Å². The van der Waals surface area contributed by atoms with E-state index in [2.05, 4.69) is 10.3 Å². The van der Waals surface area contributed by atoms with Crippen molar-refractivity contribution in [1.29, 1.82) is 0 Å². The lowest BCUT2D eigenvalue weighted by molar-refractivity contribution is 0.0980. The highest BCUT2D eigenvalue weighted by Gasteiger charge is 2.36. The molecule has 21 heteroatoms. The molecule has 0 atom stereocenters. The van der Waals surface area contributed by atoms with Crippen LogP contribution in [-0.2, 0) is 40.2 Å². The van der Waals surface area contributed by atoms with E-state index in [1.165, 1.54) is 24.3 Å². The van der Waals surface area contributed by atoms with Crippen molar-refractivity contribution in [1.82, 2.24) is 4.98 Å². The Balaban J connectivity index is 1.44. The molecular weight excluding hydrogens is 865 g/mol. The van der Waals surface area contributed by atoms with Gasteiger partial charge in [0, 0.05) is 34.1 Å². The summed E-state index contributed by atoms with van der Waals surface area (Å²) in [6, 6.07) is 20.5. The first-order valence-corrected chi connectivity index (χ1v) is 23.3. The molecule has 60 heavy (non-hydrogen) atoms. The van der Waals surface area contributed by atoms with E-state index in [0.29, 0.717) is 11.6 Å². The highest BCUT2D eigenvalue weighted by Crippen LogP contribution is 2.46. The number of aromatic amines is 1. The van der Waals surface area contributed by atoms with Crippen LogP contribution < -0.4 is 10.9 Å². The number of pyridine rings is 1. The molecule has 0 spiro atoms. The van der Waals surface area contributed by atoms with Crippen LogP contribution in [0.5, 0.6) is 0 Å². The molecule has 0 saturated heterocycles. The van der Waals surface area contributed by atoms with Crippen molar-refractivity contribution in [2.75, 3.05) is 11.1 Å². The standard InChI is InChI=1S/C39H28N2O15S4/c42-29(21-8-2-1-3-9-21)14-7-17-57(46,47)23-15-16-30(59(51,52)53)27(19-23)40-28-20-31(60(54,55)56)36-34-32(25-12-4-5-13-26(25)38(44)33(28)34)35(39(45)41-36)37(43)22-10-6-11-24(18-22)58(48,49)50/h1-6,8-13,15-16,18-20,40H,7,14,17H2,(H,41,45)(H,48,49,50)(H,51,52,53)(H,54,55,56). The fourth-order valence-electron chi connectivity index (χ4n) is 6.93. The predicted octanol–water partition coefficient (Wildman–Crippen LogP) is 4.89. The van der Waals surface area contributed by atoms with E-state index >= 15 is 0 Å². The largest absolute Gasteiger partial charge is 0.354 e. The molecule has 0 aliphatic heterocycles. The van der Waals surface area contributed by atoms with E-state index in [1.807, 2.05) is 0 Å². The Morgan fingerprint density at radius 3 is 1.88 bits per heavy atom. The van der Waals surface area contributed by atoms with Crippen LogP contribution in [0.25, 0.3) is 22.0 Å². The summed E-state index contributed by atoms with van der Waals surface area (Å²) in [7, 11) is -19.7. The Bertz CT molecular complexity index is 3380. The quantitative estimate of drug-likeness (QED) is 0.0760. The first-order valence-electron chi connectivity index (χ1n) is 17.3. The minimum Gasteiger partial charge on any atom is -0.354 e. The number of nitrogens with one attached hydrogen (secondary N) is 2. The average Bonchev–Trinajstić information content (AvgIpc) is 3.18. The average molecular weight is 893 g/mol. The van der Waals surface area contributed by atoms with Crippen LogP contribution in [0.4, 0.5) is 11.4 Å². The number of carbonyl (C=O) groups excluding carboxylic acids is 3. The number of hydrogen-bond donors (Lipinski definition) is 5. The molecule has 1 aliphatic rings. The Hall–Kier alpha value is -6.20. The molecule has 0 saturated carbocycles. The van der Waals surface area contributed by atoms with Gasteiger partial charge in [0.05, 0.1) is 43.6 Å². The predicted molar refractivity (Wildman–Crippen MR) is 215 cm³/mol. The molecule has 308 valence electrons. The summed E-state index contributed by atoms with van der Waals surface area (Å²) in [4.78, 5) is 54.1. The van der Waals surface area contributed by atoms with Crippen molar-refractivity contribution in [2.24, 2.45) is 0 Å². The van der Waals surface area contributed by atoms with Crippen molar-refractivity contribution < 1.29 is 61.7 Å². The second kappa shape index (κ2) is 15.1. The molecule has 6 aromatic rings. The Labute approximate surface area is 340 Å². The van der Waals surface area contributed by atoms with E-state index in [0.717, 1.165) is 42.5 Å². The molecule has 5 aromatic carbocycles. The highest BCUT2D eigenvalue weighted by atomic mass is 32.2. The number of carbonyl (C=O) groups is 3. The zero-order valence-electron chi connectivity index (χ0n) is 30.3. The summed E-state index contributed by atoms with van der Waals surface area (Å²) in [6.07, 6.45) is -0.317. The first-order chi connectivity index (χ1) is 28.1. The first kappa shape index (κ1) is 41.9. The monoisotopic (exact) mass is 892 g/mol. The van der Waals surface area contributed by atoms with Gasteiger partial charge in [0.25, 0.3) is 35.9 Å². The molecule has 0 fully saturated rings. The molecule has 0 amide bonds. The molecule has 17 nitrogen and oxygen atoms in total. The smallest absolute Gasteiger partial charge is 0.296 e. The van der Waals surface area contributed by atoms with E-state index < -0.39 is 122 Å². The molecule has 1 aromatic heterocycles. The molecule has 1 heterocycles. The summed E-state index contributed by atoms with van der Waals surface area (Å²) >= 11 is 0. The summed E-state index contributed by atoms with van der Waals surface area (Å²) in [6.45, 7) is 0. The second-order valence-electron chi connectivity index (χ2n) is 13.4. The van der Waals surface area contributed by atoms with E-state index in [9.17, 15) is 66.5 Å². The van der Waals surface area contributed by atoms with Crippen LogP contribution in [0.3, 0.4) is 0 Å². The van der Waals surface area contributed by atoms with Gasteiger partial charge in [0.1, 0.15) is 9.79 Å². The van der Waals surface area contributed by atoms with Gasteiger partial charge in [-0.05, 0) is 48.4 Å². The number of H-pyrrole nitrogens is 1. The maximum Gasteiger partial charge on any atom is 0.296 e. The van der Waals surface area contributed by atoms with E-state index in [-0.39, 0.29) is 35.3 Å². The van der Waals surface area contributed by atoms with Gasteiger partial charge in [-0.1, -0.05) is 66.7 Å². The third-order valence-corrected chi connectivity index (χ3v) is 14.0. The Morgan fingerprint density at radius 1 is 0.600 bits per heavy atom. The van der Waals surface area contributed by atoms with Gasteiger partial charge in [-0.15, -0.1) is 0 Å². The summed E-state index contributed by atoms with van der Waals surface area (Å²) in [5.41, 5.74) is -5.21. The number of ketones is 3. The van der Waals surface area contributed by atoms with Crippen molar-refractivity contribution in [3.63, 3.8) is 0 Å². The second-order valence-corrected chi connectivity index (χ2v) is 19.7. The molecule has 0 radical (unpaired) electrons. The van der Waals surface area contributed by atoms with E-state index in [4.69, 9.17) is 0 Å². The minimum atomic E-state index is -5.38. The molecule has 5 N–H and O–H groups in total. The topological polar surface area (TPSA) is 293 Å². The highest BCUT2D eigenvalue weighted by molar-refractivity contribution is 7.91. The number of rotatable bonds is 13. The summed E-state index contributed by atoms with van der Waals surface area (Å²) in [5, 5.41) is 2.06. The lowest BCUT2D eigenvalue weighted by atomic mass is 9.80. The summed E-state index contributed by atoms with van der Waals surface area (Å²) < 4.78 is 132. The fourth-order valence-corrected chi connectivity index (χ4v) is 10.1. The van der Waals surface area contributed by atoms with Crippen LogP contribution in [0.15, 0.2) is 128 Å². The number of anilines is 2. The fraction of sp³-hybridized carbons (Fsp3) is 0.0769. The van der Waals surface area contributed by atoms with Crippen LogP contribution in [0.2, 0.25) is 0 Å². The normalized spacial score (nSPS) is 12.9. The van der Waals surface area contributed by atoms with Crippen molar-refractivity contribution in [3.05, 3.63) is 141 Å². The number of benzene rings is 5. The Kier molecular flexibility index (Phi) is 10.6. The van der Waals surface area contributed by atoms with Gasteiger partial charge < -0.3 is 10.3 Å². The number of Topliss-reactive ketones (excluding diaryl/α,β-unsaturated/α-hetero) is 1. The van der Waals surface area contributed by atoms with Crippen LogP contribution in [0.1, 0.15) is 55.0 Å². The van der Waals surface area contributed by atoms with Gasteiger partial charge >= 0.3 is 0 Å². The van der Waals surface area contributed by atoms with Gasteiger partial charge in [-0.2, -0.15) is 25.3 Å². The summed E-state index contributed by atoms with van der Waals surface area (Å²) in [5.74, 6) is -2.98. The molecular formula is C39H28N2O15S4. The maximum absolute atomic E-state index is 14.4. The molecule has 7 rings (SSSR count). The number of fused-ring (bicyclic) bond motifs is 2. The van der Waals surface area contributed by atoms with Gasteiger partial charge in [-0.25, -0.2) is 8.42 Å². The number of sulfone groups is 1. The number of aromatic nitrogens is 1. The maximum atomic E-state index is 14.4. The third-order valence-electron chi connectivity index (χ3n) is 9.59. The van der Waals surface area contributed by atoms with Crippen molar-refractivity contribution in [3.8, 4) is 11.1 Å². The zero-order chi connectivity index (χ0) is 43.5. The lowest BCUT2D eigenvalue weighted by Gasteiger charge is -2.25. The van der Waals surface area contributed by atoms with Crippen LogP contribution >= 0.6 is 0 Å². The Morgan fingerprint density at radius 2 is 1.23 bits per heavy atom. The van der Waals surface area contributed by atoms with Crippen LogP contribution in [0, 0.1) is 0 Å². The molecule has 0 bridgehead atoms. The van der Waals surface area contributed by atoms with Crippen molar-refractivity contribution in [2.45, 2.75) is 32.4 Å². The lowest BCUT2D eigenvalue weighted by Crippen LogP contribution is -2.25. The van der Waals surface area contributed by atoms with Gasteiger partial charge in [-0.3, -0.25) is 32.8 Å². The molecule has 0 unspecified atom stereocenters. The zero-order valence-corrected chi connectivity index (χ0v) is 33.6. The van der Waals surface area contributed by atoms with Crippen molar-refractivity contribution >= 4 is 79.8 Å². The van der Waals surface area contributed by atoms with E-state index in [1.54, 1.807) is 30.3 Å². The minimum absolute atomic E-state index is 0.0868.